The predicted octanol–water partition coefficient (Wildman–Crippen LogP) is 1.29. The molecule has 0 spiro atoms. The van der Waals surface area contributed by atoms with Crippen molar-refractivity contribution in [2.24, 2.45) is 0 Å². The summed E-state index contributed by atoms with van der Waals surface area (Å²) in [6, 6.07) is 6.87. The van der Waals surface area contributed by atoms with E-state index in [1.54, 1.807) is 24.3 Å². The maximum absolute atomic E-state index is 11.6. The monoisotopic (exact) mass is 328 g/mol. The van der Waals surface area contributed by atoms with Gasteiger partial charge in [0, 0.05) is 12.2 Å². The first-order valence-electron chi connectivity index (χ1n) is 7.22. The van der Waals surface area contributed by atoms with Crippen LogP contribution in [0.5, 0.6) is 0 Å². The smallest absolute Gasteiger partial charge is 0.337 e. The third-order valence-electron chi connectivity index (χ3n) is 3.23. The van der Waals surface area contributed by atoms with E-state index in [0.29, 0.717) is 40.7 Å². The minimum Gasteiger partial charge on any atom is -0.465 e. The van der Waals surface area contributed by atoms with Gasteiger partial charge in [0.15, 0.2) is 11.5 Å². The van der Waals surface area contributed by atoms with Crippen molar-refractivity contribution in [1.29, 1.82) is 0 Å². The normalized spacial score (nSPS) is 10.6. The molecule has 0 amide bonds. The van der Waals surface area contributed by atoms with Crippen molar-refractivity contribution in [3.63, 3.8) is 0 Å². The van der Waals surface area contributed by atoms with Gasteiger partial charge in [-0.05, 0) is 18.2 Å². The van der Waals surface area contributed by atoms with E-state index >= 15 is 0 Å². The molecule has 1 aromatic carbocycles. The molecule has 3 rings (SSSR count). The Kier molecular flexibility index (Phi) is 4.52. The second-order valence-electron chi connectivity index (χ2n) is 4.84. The lowest BCUT2D eigenvalue weighted by Crippen LogP contribution is -2.10. The number of carbonyl (C=O) groups is 1. The zero-order chi connectivity index (χ0) is 16.9. The number of esters is 1. The van der Waals surface area contributed by atoms with Gasteiger partial charge >= 0.3 is 5.97 Å². The van der Waals surface area contributed by atoms with E-state index in [1.807, 2.05) is 0 Å². The number of aromatic nitrogens is 4. The van der Waals surface area contributed by atoms with Gasteiger partial charge in [0.25, 0.3) is 0 Å². The number of ether oxygens (including phenoxy) is 1. The fraction of sp³-hybridized carbons (Fsp3) is 0.200. The molecular formula is C15H16N6O3. The number of nitrogens with one attached hydrogen (secondary N) is 3. The van der Waals surface area contributed by atoms with E-state index in [4.69, 9.17) is 9.84 Å². The molecule has 2 aromatic heterocycles. The highest BCUT2D eigenvalue weighted by Gasteiger charge is 2.11. The van der Waals surface area contributed by atoms with Gasteiger partial charge in [0.1, 0.15) is 5.52 Å². The summed E-state index contributed by atoms with van der Waals surface area (Å²) >= 11 is 0. The number of hydrogen-bond donors (Lipinski definition) is 4. The van der Waals surface area contributed by atoms with Crippen molar-refractivity contribution < 1.29 is 14.6 Å². The molecule has 3 aromatic rings. The maximum Gasteiger partial charge on any atom is 0.337 e. The summed E-state index contributed by atoms with van der Waals surface area (Å²) < 4.78 is 4.72. The van der Waals surface area contributed by atoms with E-state index < -0.39 is 5.97 Å². The van der Waals surface area contributed by atoms with Crippen molar-refractivity contribution in [2.75, 3.05) is 30.9 Å². The Morgan fingerprint density at radius 2 is 2.25 bits per heavy atom. The molecule has 0 saturated carbocycles. The Bertz CT molecular complexity index is 863. The summed E-state index contributed by atoms with van der Waals surface area (Å²) in [7, 11) is 1.33. The number of benzene rings is 1. The molecule has 4 N–H and O–H groups in total. The molecule has 9 heteroatoms. The quantitative estimate of drug-likeness (QED) is 0.499. The maximum atomic E-state index is 11.6. The van der Waals surface area contributed by atoms with Crippen LogP contribution in [0.2, 0.25) is 0 Å². The fourth-order valence-corrected chi connectivity index (χ4v) is 2.15. The van der Waals surface area contributed by atoms with Crippen molar-refractivity contribution in [3.05, 3.63) is 36.2 Å². The minimum atomic E-state index is -0.418. The van der Waals surface area contributed by atoms with Gasteiger partial charge < -0.3 is 25.5 Å². The second kappa shape index (κ2) is 6.92. The number of anilines is 3. The lowest BCUT2D eigenvalue weighted by Gasteiger charge is -2.10. The van der Waals surface area contributed by atoms with Crippen LogP contribution in [0.3, 0.4) is 0 Å². The predicted molar refractivity (Wildman–Crippen MR) is 88.3 cm³/mol. The van der Waals surface area contributed by atoms with Crippen LogP contribution >= 0.6 is 0 Å². The number of carbonyl (C=O) groups excluding carboxylic acids is 1. The van der Waals surface area contributed by atoms with Gasteiger partial charge in [-0.25, -0.2) is 9.78 Å². The zero-order valence-electron chi connectivity index (χ0n) is 12.9. The number of rotatable bonds is 6. The molecule has 0 fully saturated rings. The van der Waals surface area contributed by atoms with Gasteiger partial charge in [-0.3, -0.25) is 0 Å². The Hall–Kier alpha value is -3.20. The summed E-state index contributed by atoms with van der Waals surface area (Å²) in [6.45, 7) is 0.291. The number of aliphatic hydroxyl groups is 1. The number of hydrogen-bond acceptors (Lipinski definition) is 8. The summed E-state index contributed by atoms with van der Waals surface area (Å²) in [4.78, 5) is 27.3. The Balaban J connectivity index is 1.94. The van der Waals surface area contributed by atoms with E-state index in [9.17, 15) is 4.79 Å². The standard InChI is InChI=1S/C15H16N6O3/c1-24-14(23)9-3-2-4-10(7-9)19-13-11-12(18-8-17-11)20-15(21-13)16-5-6-22/h2-4,7-8,22H,5-6H2,1H3,(H3,16,17,18,19,20,21). The molecule has 0 unspecified atom stereocenters. The second-order valence-corrected chi connectivity index (χ2v) is 4.84. The molecule has 0 atom stereocenters. The third-order valence-corrected chi connectivity index (χ3v) is 3.23. The Morgan fingerprint density at radius 1 is 1.38 bits per heavy atom. The first-order valence-corrected chi connectivity index (χ1v) is 7.22. The number of nitrogens with zero attached hydrogens (tertiary/aromatic N) is 3. The largest absolute Gasteiger partial charge is 0.465 e. The van der Waals surface area contributed by atoms with Crippen molar-refractivity contribution in [2.45, 2.75) is 0 Å². The molecule has 2 heterocycles. The highest BCUT2D eigenvalue weighted by atomic mass is 16.5. The molecule has 0 aliphatic rings. The third kappa shape index (κ3) is 3.25. The number of H-pyrrole nitrogens is 1. The molecule has 0 radical (unpaired) electrons. The summed E-state index contributed by atoms with van der Waals surface area (Å²) in [5, 5.41) is 14.9. The topological polar surface area (TPSA) is 125 Å². The molecular weight excluding hydrogens is 312 g/mol. The number of fused-ring (bicyclic) bond motifs is 1. The summed E-state index contributed by atoms with van der Waals surface area (Å²) in [5.41, 5.74) is 2.21. The minimum absolute atomic E-state index is 0.0358. The first kappa shape index (κ1) is 15.7. The SMILES string of the molecule is COC(=O)c1cccc(Nc2nc(NCCO)nc3nc[nH]c23)c1. The number of aromatic amines is 1. The van der Waals surface area contributed by atoms with E-state index in [1.165, 1.54) is 13.4 Å². The molecule has 0 bridgehead atoms. The van der Waals surface area contributed by atoms with E-state index in [2.05, 4.69) is 30.6 Å². The number of methoxy groups -OCH3 is 1. The molecule has 0 aliphatic carbocycles. The highest BCUT2D eigenvalue weighted by molar-refractivity contribution is 5.91. The molecule has 9 nitrogen and oxygen atoms in total. The van der Waals surface area contributed by atoms with Gasteiger partial charge in [0.05, 0.1) is 25.6 Å². The number of imidazole rings is 1. The van der Waals surface area contributed by atoms with Crippen molar-refractivity contribution in [1.82, 2.24) is 19.9 Å². The van der Waals surface area contributed by atoms with Gasteiger partial charge in [-0.1, -0.05) is 6.07 Å². The number of aliphatic hydroxyl groups excluding tert-OH is 1. The fourth-order valence-electron chi connectivity index (χ4n) is 2.15. The molecule has 24 heavy (non-hydrogen) atoms. The van der Waals surface area contributed by atoms with Crippen LogP contribution in [-0.2, 0) is 4.74 Å². The van der Waals surface area contributed by atoms with Gasteiger partial charge in [-0.15, -0.1) is 0 Å². The van der Waals surface area contributed by atoms with E-state index in [-0.39, 0.29) is 6.61 Å². The van der Waals surface area contributed by atoms with Crippen molar-refractivity contribution in [3.8, 4) is 0 Å². The Morgan fingerprint density at radius 3 is 3.04 bits per heavy atom. The summed E-state index contributed by atoms with van der Waals surface area (Å²) in [5.74, 6) is 0.425. The van der Waals surface area contributed by atoms with E-state index in [0.717, 1.165) is 0 Å². The van der Waals surface area contributed by atoms with Crippen LogP contribution in [0.25, 0.3) is 11.2 Å². The van der Waals surface area contributed by atoms with Crippen LogP contribution < -0.4 is 10.6 Å². The van der Waals surface area contributed by atoms with Crippen LogP contribution in [0.15, 0.2) is 30.6 Å². The lowest BCUT2D eigenvalue weighted by molar-refractivity contribution is 0.0601. The Labute approximate surface area is 137 Å². The molecule has 124 valence electrons. The van der Waals surface area contributed by atoms with Crippen LogP contribution in [0, 0.1) is 0 Å². The lowest BCUT2D eigenvalue weighted by atomic mass is 10.2. The average molecular weight is 328 g/mol. The van der Waals surface area contributed by atoms with Crippen LogP contribution in [0.1, 0.15) is 10.4 Å². The molecule has 0 saturated heterocycles. The van der Waals surface area contributed by atoms with Gasteiger partial charge in [-0.2, -0.15) is 9.97 Å². The molecule has 0 aliphatic heterocycles. The van der Waals surface area contributed by atoms with Gasteiger partial charge in [0.2, 0.25) is 5.95 Å². The highest BCUT2D eigenvalue weighted by Crippen LogP contribution is 2.23. The first-order chi connectivity index (χ1) is 11.7. The van der Waals surface area contributed by atoms with Crippen LogP contribution in [-0.4, -0.2) is 51.3 Å². The summed E-state index contributed by atoms with van der Waals surface area (Å²) in [6.07, 6.45) is 1.52. The van der Waals surface area contributed by atoms with Crippen LogP contribution in [0.4, 0.5) is 17.5 Å². The zero-order valence-corrected chi connectivity index (χ0v) is 12.9. The average Bonchev–Trinajstić information content (AvgIpc) is 3.08. The van der Waals surface area contributed by atoms with Crippen molar-refractivity contribution >= 4 is 34.6 Å².